The lowest BCUT2D eigenvalue weighted by molar-refractivity contribution is 0.378. The van der Waals surface area contributed by atoms with Gasteiger partial charge < -0.3 is 15.5 Å². The van der Waals surface area contributed by atoms with Crippen LogP contribution in [0.15, 0.2) is 40.5 Å². The highest BCUT2D eigenvalue weighted by Crippen LogP contribution is 2.41. The van der Waals surface area contributed by atoms with Gasteiger partial charge in [0, 0.05) is 22.3 Å². The number of benzene rings is 1. The van der Waals surface area contributed by atoms with Crippen molar-refractivity contribution in [1.29, 1.82) is 5.26 Å². The largest absolute Gasteiger partial charge is 0.420 e. The molecule has 4 rings (SSSR count). The quantitative estimate of drug-likeness (QED) is 0.657. The van der Waals surface area contributed by atoms with E-state index in [9.17, 15) is 10.1 Å². The molecule has 1 aromatic carbocycles. The van der Waals surface area contributed by atoms with E-state index in [1.54, 1.807) is 0 Å². The fourth-order valence-corrected chi connectivity index (χ4v) is 3.42. The molecule has 26 heavy (non-hydrogen) atoms. The highest BCUT2D eigenvalue weighted by Gasteiger charge is 2.35. The minimum absolute atomic E-state index is 0.0293. The van der Waals surface area contributed by atoms with Crippen molar-refractivity contribution in [1.82, 2.24) is 15.2 Å². The number of nitriles is 1. The van der Waals surface area contributed by atoms with Gasteiger partial charge in [-0.15, -0.1) is 5.10 Å². The van der Waals surface area contributed by atoms with Crippen LogP contribution in [0.4, 0.5) is 0 Å². The molecule has 1 aliphatic heterocycles. The number of hydrogen-bond acceptors (Lipinski definition) is 5. The monoisotopic (exact) mass is 347 g/mol. The summed E-state index contributed by atoms with van der Waals surface area (Å²) in [5.74, 6) is -0.356. The molecule has 0 amide bonds. The lowest BCUT2D eigenvalue weighted by Crippen LogP contribution is -2.25. The number of hydrogen-bond donors (Lipinski definition) is 3. The number of nitrogens with one attached hydrogen (secondary N) is 2. The maximum atomic E-state index is 12.8. The summed E-state index contributed by atoms with van der Waals surface area (Å²) >= 11 is 0. The summed E-state index contributed by atoms with van der Waals surface area (Å²) in [6, 6.07) is 9.84. The molecule has 0 saturated heterocycles. The number of pyridine rings is 1. The summed E-state index contributed by atoms with van der Waals surface area (Å²) < 4.78 is 5.45. The fraction of sp³-hybridized carbons (Fsp3) is 0.211. The van der Waals surface area contributed by atoms with Gasteiger partial charge in [0.05, 0.1) is 5.92 Å². The third-order valence-electron chi connectivity index (χ3n) is 4.79. The van der Waals surface area contributed by atoms with E-state index in [1.807, 2.05) is 31.2 Å². The van der Waals surface area contributed by atoms with E-state index < -0.39 is 5.92 Å². The fourth-order valence-electron chi connectivity index (χ4n) is 3.42. The van der Waals surface area contributed by atoms with Crippen LogP contribution in [-0.4, -0.2) is 15.2 Å². The molecule has 1 atom stereocenters. The molecule has 0 bridgehead atoms. The first-order valence-corrected chi connectivity index (χ1v) is 8.31. The zero-order chi connectivity index (χ0) is 18.4. The minimum atomic E-state index is -0.624. The molecule has 0 unspecified atom stereocenters. The van der Waals surface area contributed by atoms with E-state index in [-0.39, 0.29) is 17.0 Å². The van der Waals surface area contributed by atoms with Crippen molar-refractivity contribution in [2.75, 3.05) is 0 Å². The van der Waals surface area contributed by atoms with Gasteiger partial charge in [-0.3, -0.25) is 9.89 Å². The summed E-state index contributed by atoms with van der Waals surface area (Å²) in [6.45, 7) is 3.90. The molecule has 2 aromatic heterocycles. The second-order valence-corrected chi connectivity index (χ2v) is 6.32. The molecule has 3 aromatic rings. The van der Waals surface area contributed by atoms with Crippen molar-refractivity contribution < 1.29 is 4.74 Å². The van der Waals surface area contributed by atoms with E-state index >= 15 is 0 Å². The zero-order valence-electron chi connectivity index (χ0n) is 14.4. The van der Waals surface area contributed by atoms with E-state index in [0.717, 1.165) is 23.0 Å². The van der Waals surface area contributed by atoms with Crippen LogP contribution >= 0.6 is 0 Å². The first kappa shape index (κ1) is 16.0. The van der Waals surface area contributed by atoms with Crippen molar-refractivity contribution in [3.05, 3.63) is 68.5 Å². The van der Waals surface area contributed by atoms with Crippen LogP contribution in [0.5, 0.6) is 5.88 Å². The van der Waals surface area contributed by atoms with Gasteiger partial charge in [0.2, 0.25) is 11.8 Å². The number of ether oxygens (including phenoxy) is 1. The van der Waals surface area contributed by atoms with Gasteiger partial charge >= 0.3 is 0 Å². The molecule has 0 fully saturated rings. The van der Waals surface area contributed by atoms with Gasteiger partial charge in [-0.2, -0.15) is 5.26 Å². The Balaban J connectivity index is 2.01. The Morgan fingerprint density at radius 1 is 1.38 bits per heavy atom. The number of rotatable bonds is 2. The number of H-pyrrole nitrogens is 2. The van der Waals surface area contributed by atoms with Gasteiger partial charge in [-0.05, 0) is 42.5 Å². The van der Waals surface area contributed by atoms with Crippen LogP contribution in [0.2, 0.25) is 0 Å². The molecule has 4 N–H and O–H groups in total. The molecular weight excluding hydrogens is 330 g/mol. The predicted molar refractivity (Wildman–Crippen MR) is 96.6 cm³/mol. The molecule has 0 radical (unpaired) electrons. The molecule has 7 nitrogen and oxygen atoms in total. The standard InChI is InChI=1S/C19H17N5O2/c1-3-10-4-5-14-11(6-10)7-12(18(25)22-14)16-13(8-20)17(21)26-19-15(16)9(2)23-24-19/h4-7,16H,3,21H2,1-2H3,(H,22,25)(H,23,24)/t16-/m1/s1. The normalized spacial score (nSPS) is 16.3. The van der Waals surface area contributed by atoms with Crippen LogP contribution < -0.4 is 16.0 Å². The number of aromatic nitrogens is 3. The highest BCUT2D eigenvalue weighted by molar-refractivity contribution is 5.80. The number of fused-ring (bicyclic) bond motifs is 2. The lowest BCUT2D eigenvalue weighted by Gasteiger charge is -2.23. The average molecular weight is 347 g/mol. The van der Waals surface area contributed by atoms with E-state index in [2.05, 4.69) is 28.2 Å². The van der Waals surface area contributed by atoms with Gasteiger partial charge in [0.15, 0.2) is 0 Å². The number of nitrogens with zero attached hydrogens (tertiary/aromatic N) is 2. The first-order chi connectivity index (χ1) is 12.5. The SMILES string of the molecule is CCc1ccc2[nH]c(=O)c([C@@H]3C(C#N)=C(N)Oc4n[nH]c(C)c43)cc2c1. The van der Waals surface area contributed by atoms with Crippen LogP contribution in [0.25, 0.3) is 10.9 Å². The Kier molecular flexibility index (Phi) is 3.55. The van der Waals surface area contributed by atoms with Crippen LogP contribution in [0.1, 0.15) is 35.2 Å². The van der Waals surface area contributed by atoms with Crippen molar-refractivity contribution in [2.45, 2.75) is 26.2 Å². The maximum absolute atomic E-state index is 12.8. The van der Waals surface area contributed by atoms with E-state index in [0.29, 0.717) is 17.0 Å². The zero-order valence-corrected chi connectivity index (χ0v) is 14.4. The summed E-state index contributed by atoms with van der Waals surface area (Å²) in [6.07, 6.45) is 0.892. The minimum Gasteiger partial charge on any atom is -0.420 e. The molecule has 0 spiro atoms. The molecule has 1 aliphatic rings. The molecule has 130 valence electrons. The van der Waals surface area contributed by atoms with Crippen molar-refractivity contribution >= 4 is 10.9 Å². The Hall–Kier alpha value is -3.53. The summed E-state index contributed by atoms with van der Waals surface area (Å²) in [5, 5.41) is 17.5. The number of aryl methyl sites for hydroxylation is 2. The molecule has 0 aliphatic carbocycles. The van der Waals surface area contributed by atoms with Crippen molar-refractivity contribution in [2.24, 2.45) is 5.73 Å². The van der Waals surface area contributed by atoms with Gasteiger partial charge in [-0.25, -0.2) is 0 Å². The van der Waals surface area contributed by atoms with Gasteiger partial charge in [0.25, 0.3) is 5.56 Å². The van der Waals surface area contributed by atoms with Crippen LogP contribution in [0, 0.1) is 18.3 Å². The summed E-state index contributed by atoms with van der Waals surface area (Å²) in [5.41, 5.74) is 9.61. The Bertz CT molecular complexity index is 1160. The molecular formula is C19H17N5O2. The maximum Gasteiger partial charge on any atom is 0.252 e. The summed E-state index contributed by atoms with van der Waals surface area (Å²) in [4.78, 5) is 15.7. The van der Waals surface area contributed by atoms with E-state index in [1.165, 1.54) is 5.56 Å². The highest BCUT2D eigenvalue weighted by atomic mass is 16.5. The smallest absolute Gasteiger partial charge is 0.252 e. The Labute approximate surface area is 149 Å². The average Bonchev–Trinajstić information content (AvgIpc) is 3.00. The number of nitrogens with two attached hydrogens (primary N) is 1. The second-order valence-electron chi connectivity index (χ2n) is 6.32. The lowest BCUT2D eigenvalue weighted by atomic mass is 9.84. The predicted octanol–water partition coefficient (Wildman–Crippen LogP) is 2.34. The third-order valence-corrected chi connectivity index (χ3v) is 4.79. The Morgan fingerprint density at radius 2 is 2.19 bits per heavy atom. The van der Waals surface area contributed by atoms with Gasteiger partial charge in [-0.1, -0.05) is 13.0 Å². The van der Waals surface area contributed by atoms with E-state index in [4.69, 9.17) is 10.5 Å². The third kappa shape index (κ3) is 2.27. The molecule has 0 saturated carbocycles. The van der Waals surface area contributed by atoms with Gasteiger partial charge in [0.1, 0.15) is 11.6 Å². The topological polar surface area (TPSA) is 121 Å². The first-order valence-electron chi connectivity index (χ1n) is 8.31. The molecule has 3 heterocycles. The molecule has 7 heteroatoms. The number of aromatic amines is 2. The van der Waals surface area contributed by atoms with Crippen molar-refractivity contribution in [3.8, 4) is 11.9 Å². The second kappa shape index (κ2) is 5.77. The summed E-state index contributed by atoms with van der Waals surface area (Å²) in [7, 11) is 0. The van der Waals surface area contributed by atoms with Crippen LogP contribution in [-0.2, 0) is 6.42 Å². The van der Waals surface area contributed by atoms with Crippen molar-refractivity contribution in [3.63, 3.8) is 0 Å². The number of allylic oxidation sites excluding steroid dienone is 1. The Morgan fingerprint density at radius 3 is 2.92 bits per heavy atom. The van der Waals surface area contributed by atoms with Crippen LogP contribution in [0.3, 0.4) is 0 Å².